The summed E-state index contributed by atoms with van der Waals surface area (Å²) in [5, 5.41) is 5.12. The summed E-state index contributed by atoms with van der Waals surface area (Å²) in [5.41, 5.74) is 5.55. The highest BCUT2D eigenvalue weighted by atomic mass is 16.7. The first kappa shape index (κ1) is 14.7. The number of hydrazone groups is 1. The van der Waals surface area contributed by atoms with Gasteiger partial charge >= 0.3 is 0 Å². The van der Waals surface area contributed by atoms with Gasteiger partial charge in [-0.1, -0.05) is 18.2 Å². The van der Waals surface area contributed by atoms with Crippen molar-refractivity contribution in [3.8, 4) is 0 Å². The van der Waals surface area contributed by atoms with E-state index in [4.69, 9.17) is 9.47 Å². The van der Waals surface area contributed by atoms with E-state index in [1.165, 1.54) is 0 Å². The number of nitrogens with zero attached hydrogens (tertiary/aromatic N) is 1. The summed E-state index contributed by atoms with van der Waals surface area (Å²) in [5.74, 6) is -1.07. The van der Waals surface area contributed by atoms with Crippen molar-refractivity contribution in [2.75, 3.05) is 13.2 Å². The SMILES string of the molecule is Cc1[nH]c2ccccc2c1/C=N\NC(=O)CC1(C)OCCO1. The Balaban J connectivity index is 1.66. The van der Waals surface area contributed by atoms with Gasteiger partial charge in [-0.3, -0.25) is 4.79 Å². The van der Waals surface area contributed by atoms with E-state index < -0.39 is 5.79 Å². The van der Waals surface area contributed by atoms with Gasteiger partial charge in [0, 0.05) is 22.2 Å². The quantitative estimate of drug-likeness (QED) is 0.670. The minimum absolute atomic E-state index is 0.122. The van der Waals surface area contributed by atoms with Crippen LogP contribution >= 0.6 is 0 Å². The first-order valence-electron chi connectivity index (χ1n) is 7.24. The lowest BCUT2D eigenvalue weighted by Gasteiger charge is -2.20. The zero-order chi connectivity index (χ0) is 15.6. The first-order chi connectivity index (χ1) is 10.6. The van der Waals surface area contributed by atoms with Gasteiger partial charge in [0.1, 0.15) is 0 Å². The Labute approximate surface area is 128 Å². The van der Waals surface area contributed by atoms with E-state index in [0.717, 1.165) is 22.2 Å². The van der Waals surface area contributed by atoms with Crippen molar-refractivity contribution in [2.24, 2.45) is 5.10 Å². The monoisotopic (exact) mass is 301 g/mol. The third-order valence-electron chi connectivity index (χ3n) is 3.71. The second kappa shape index (κ2) is 5.90. The highest BCUT2D eigenvalue weighted by molar-refractivity contribution is 6.00. The number of aryl methyl sites for hydroxylation is 1. The van der Waals surface area contributed by atoms with E-state index in [-0.39, 0.29) is 12.3 Å². The van der Waals surface area contributed by atoms with Crippen molar-refractivity contribution in [2.45, 2.75) is 26.1 Å². The molecule has 22 heavy (non-hydrogen) atoms. The zero-order valence-electron chi connectivity index (χ0n) is 12.7. The Morgan fingerprint density at radius 1 is 1.41 bits per heavy atom. The fourth-order valence-corrected chi connectivity index (χ4v) is 2.62. The van der Waals surface area contributed by atoms with E-state index in [2.05, 4.69) is 15.5 Å². The third kappa shape index (κ3) is 3.03. The second-order valence-electron chi connectivity index (χ2n) is 5.51. The number of nitrogens with one attached hydrogen (secondary N) is 2. The van der Waals surface area contributed by atoms with Crippen LogP contribution in [-0.4, -0.2) is 36.1 Å². The molecule has 0 unspecified atom stereocenters. The number of rotatable bonds is 4. The molecule has 1 amide bonds. The molecule has 1 aliphatic heterocycles. The van der Waals surface area contributed by atoms with E-state index >= 15 is 0 Å². The Bertz CT molecular complexity index is 714. The number of hydrogen-bond acceptors (Lipinski definition) is 4. The van der Waals surface area contributed by atoms with Gasteiger partial charge in [0.2, 0.25) is 5.91 Å². The second-order valence-corrected chi connectivity index (χ2v) is 5.51. The number of benzene rings is 1. The largest absolute Gasteiger partial charge is 0.358 e. The lowest BCUT2D eigenvalue weighted by atomic mass is 10.1. The minimum Gasteiger partial charge on any atom is -0.358 e. The van der Waals surface area contributed by atoms with Gasteiger partial charge in [-0.25, -0.2) is 5.43 Å². The Morgan fingerprint density at radius 3 is 2.91 bits per heavy atom. The highest BCUT2D eigenvalue weighted by Crippen LogP contribution is 2.22. The summed E-state index contributed by atoms with van der Waals surface area (Å²) < 4.78 is 10.8. The third-order valence-corrected chi connectivity index (χ3v) is 3.71. The lowest BCUT2D eigenvalue weighted by Crippen LogP contribution is -2.33. The number of aromatic nitrogens is 1. The molecule has 1 aliphatic rings. The first-order valence-corrected chi connectivity index (χ1v) is 7.24. The van der Waals surface area contributed by atoms with E-state index in [0.29, 0.717) is 13.2 Å². The molecule has 6 heteroatoms. The van der Waals surface area contributed by atoms with Crippen molar-refractivity contribution in [1.29, 1.82) is 0 Å². The normalized spacial score (nSPS) is 17.4. The number of carbonyl (C=O) groups is 1. The van der Waals surface area contributed by atoms with Gasteiger partial charge in [-0.05, 0) is 19.9 Å². The number of aromatic amines is 1. The molecule has 3 rings (SSSR count). The van der Waals surface area contributed by atoms with E-state index in [9.17, 15) is 4.79 Å². The molecule has 2 aromatic rings. The Kier molecular flexibility index (Phi) is 3.96. The summed E-state index contributed by atoms with van der Waals surface area (Å²) in [4.78, 5) is 15.2. The van der Waals surface area contributed by atoms with Crippen molar-refractivity contribution in [3.63, 3.8) is 0 Å². The molecule has 2 N–H and O–H groups in total. The summed E-state index contributed by atoms with van der Waals surface area (Å²) in [7, 11) is 0. The molecule has 0 spiro atoms. The maximum absolute atomic E-state index is 11.9. The molecule has 0 atom stereocenters. The van der Waals surface area contributed by atoms with Crippen LogP contribution in [0.5, 0.6) is 0 Å². The fourth-order valence-electron chi connectivity index (χ4n) is 2.62. The van der Waals surface area contributed by atoms with E-state index in [1.807, 2.05) is 31.2 Å². The van der Waals surface area contributed by atoms with Crippen LogP contribution in [0.15, 0.2) is 29.4 Å². The summed E-state index contributed by atoms with van der Waals surface area (Å²) in [6, 6.07) is 7.97. The van der Waals surface area contributed by atoms with Gasteiger partial charge in [0.25, 0.3) is 0 Å². The van der Waals surface area contributed by atoms with Crippen LogP contribution in [0.3, 0.4) is 0 Å². The fraction of sp³-hybridized carbons (Fsp3) is 0.375. The zero-order valence-corrected chi connectivity index (χ0v) is 12.7. The summed E-state index contributed by atoms with van der Waals surface area (Å²) >= 11 is 0. The summed E-state index contributed by atoms with van der Waals surface area (Å²) in [6.07, 6.45) is 1.78. The number of amides is 1. The molecule has 116 valence electrons. The highest BCUT2D eigenvalue weighted by Gasteiger charge is 2.33. The molecule has 1 fully saturated rings. The van der Waals surface area contributed by atoms with Gasteiger partial charge < -0.3 is 14.5 Å². The smallest absolute Gasteiger partial charge is 0.245 e. The Morgan fingerprint density at radius 2 is 2.14 bits per heavy atom. The van der Waals surface area contributed by atoms with Crippen LogP contribution in [-0.2, 0) is 14.3 Å². The van der Waals surface area contributed by atoms with Gasteiger partial charge in [0.15, 0.2) is 5.79 Å². The Hall–Kier alpha value is -2.18. The van der Waals surface area contributed by atoms with Crippen LogP contribution in [0.25, 0.3) is 10.9 Å². The van der Waals surface area contributed by atoms with Crippen LogP contribution in [0.1, 0.15) is 24.6 Å². The average molecular weight is 301 g/mol. The molecular formula is C16H19N3O3. The van der Waals surface area contributed by atoms with Crippen LogP contribution in [0.2, 0.25) is 0 Å². The van der Waals surface area contributed by atoms with Crippen molar-refractivity contribution < 1.29 is 14.3 Å². The van der Waals surface area contributed by atoms with Gasteiger partial charge in [-0.2, -0.15) is 5.10 Å². The number of H-pyrrole nitrogens is 1. The van der Waals surface area contributed by atoms with Gasteiger partial charge in [-0.15, -0.1) is 0 Å². The van der Waals surface area contributed by atoms with Crippen molar-refractivity contribution >= 4 is 23.0 Å². The minimum atomic E-state index is -0.837. The molecule has 0 bridgehead atoms. The molecular weight excluding hydrogens is 282 g/mol. The number of hydrogen-bond donors (Lipinski definition) is 2. The predicted molar refractivity (Wildman–Crippen MR) is 83.7 cm³/mol. The number of ether oxygens (including phenoxy) is 2. The van der Waals surface area contributed by atoms with Crippen molar-refractivity contribution in [1.82, 2.24) is 10.4 Å². The summed E-state index contributed by atoms with van der Waals surface area (Å²) in [6.45, 7) is 4.76. The maximum Gasteiger partial charge on any atom is 0.245 e. The van der Waals surface area contributed by atoms with Crippen LogP contribution in [0, 0.1) is 6.92 Å². The molecule has 0 radical (unpaired) electrons. The van der Waals surface area contributed by atoms with Crippen molar-refractivity contribution in [3.05, 3.63) is 35.5 Å². The average Bonchev–Trinajstić information content (AvgIpc) is 3.03. The molecule has 1 aromatic heterocycles. The standard InChI is InChI=1S/C16H19N3O3/c1-11-13(12-5-3-4-6-14(12)18-11)10-17-19-15(20)9-16(2)21-7-8-22-16/h3-6,10,18H,7-9H2,1-2H3,(H,19,20)/b17-10-. The lowest BCUT2D eigenvalue weighted by molar-refractivity contribution is -0.159. The van der Waals surface area contributed by atoms with E-state index in [1.54, 1.807) is 13.1 Å². The number of fused-ring (bicyclic) bond motifs is 1. The van der Waals surface area contributed by atoms with Crippen LogP contribution in [0.4, 0.5) is 0 Å². The molecule has 0 aliphatic carbocycles. The van der Waals surface area contributed by atoms with Crippen LogP contribution < -0.4 is 5.43 Å². The van der Waals surface area contributed by atoms with Gasteiger partial charge in [0.05, 0.1) is 25.8 Å². The molecule has 0 saturated carbocycles. The predicted octanol–water partition coefficient (Wildman–Crippen LogP) is 2.08. The molecule has 2 heterocycles. The number of carbonyl (C=O) groups excluding carboxylic acids is 1. The molecule has 6 nitrogen and oxygen atoms in total. The topological polar surface area (TPSA) is 75.7 Å². The maximum atomic E-state index is 11.9. The molecule has 1 saturated heterocycles. The number of para-hydroxylation sites is 1. The molecule has 1 aromatic carbocycles.